The van der Waals surface area contributed by atoms with E-state index in [9.17, 15) is 18.4 Å². The predicted molar refractivity (Wildman–Crippen MR) is 133 cm³/mol. The van der Waals surface area contributed by atoms with Crippen LogP contribution < -0.4 is 4.74 Å². The zero-order chi connectivity index (χ0) is 24.4. The van der Waals surface area contributed by atoms with Crippen molar-refractivity contribution in [1.29, 1.82) is 0 Å². The first-order chi connectivity index (χ1) is 16.2. The van der Waals surface area contributed by atoms with Crippen LogP contribution in [0.4, 0.5) is 13.6 Å². The van der Waals surface area contributed by atoms with Crippen LogP contribution in [0.1, 0.15) is 16.7 Å². The van der Waals surface area contributed by atoms with Crippen LogP contribution in [-0.2, 0) is 17.9 Å². The maximum atomic E-state index is 14.1. The fourth-order valence-electron chi connectivity index (χ4n) is 3.18. The van der Waals surface area contributed by atoms with Crippen LogP contribution >= 0.6 is 50.9 Å². The number of hydrogen-bond acceptors (Lipinski definition) is 4. The SMILES string of the molecule is O=C1S/C(=C\c2cc(Br)ccc2OCc2c(F)cccc2Cl)C(=O)N1Cc1ccc(F)cc1Cl. The monoisotopic (exact) mass is 583 g/mol. The van der Waals surface area contributed by atoms with E-state index in [-0.39, 0.29) is 33.7 Å². The van der Waals surface area contributed by atoms with Gasteiger partial charge in [-0.2, -0.15) is 0 Å². The predicted octanol–water partition coefficient (Wildman–Crippen LogP) is 7.85. The molecule has 0 spiro atoms. The number of rotatable bonds is 6. The fraction of sp³-hybridized carbons (Fsp3) is 0.0833. The van der Waals surface area contributed by atoms with Gasteiger partial charge in [-0.3, -0.25) is 14.5 Å². The molecule has 1 fully saturated rings. The Morgan fingerprint density at radius 1 is 1.03 bits per heavy atom. The summed E-state index contributed by atoms with van der Waals surface area (Å²) in [5.41, 5.74) is 1.15. The van der Waals surface area contributed by atoms with Gasteiger partial charge in [0.25, 0.3) is 11.1 Å². The van der Waals surface area contributed by atoms with Crippen molar-refractivity contribution in [2.75, 3.05) is 0 Å². The van der Waals surface area contributed by atoms with Gasteiger partial charge in [-0.05, 0) is 65.9 Å². The Labute approximate surface area is 216 Å². The number of ether oxygens (including phenoxy) is 1. The highest BCUT2D eigenvalue weighted by molar-refractivity contribution is 9.10. The largest absolute Gasteiger partial charge is 0.488 e. The number of nitrogens with zero attached hydrogens (tertiary/aromatic N) is 1. The van der Waals surface area contributed by atoms with Crippen molar-refractivity contribution < 1.29 is 23.1 Å². The first-order valence-electron chi connectivity index (χ1n) is 9.77. The van der Waals surface area contributed by atoms with Crippen LogP contribution in [0.3, 0.4) is 0 Å². The molecule has 4 rings (SSSR count). The quantitative estimate of drug-likeness (QED) is 0.277. The normalized spacial score (nSPS) is 14.9. The molecule has 4 nitrogen and oxygen atoms in total. The molecule has 0 aromatic heterocycles. The highest BCUT2D eigenvalue weighted by Crippen LogP contribution is 2.36. The molecule has 174 valence electrons. The molecular weight excluding hydrogens is 571 g/mol. The summed E-state index contributed by atoms with van der Waals surface area (Å²) in [6.07, 6.45) is 1.53. The van der Waals surface area contributed by atoms with E-state index in [1.54, 1.807) is 24.3 Å². The first-order valence-corrected chi connectivity index (χ1v) is 12.1. The van der Waals surface area contributed by atoms with E-state index in [0.717, 1.165) is 22.7 Å². The summed E-state index contributed by atoms with van der Waals surface area (Å²) in [7, 11) is 0. The maximum Gasteiger partial charge on any atom is 0.293 e. The van der Waals surface area contributed by atoms with Crippen LogP contribution in [0.5, 0.6) is 5.75 Å². The van der Waals surface area contributed by atoms with Crippen LogP contribution in [0.2, 0.25) is 10.0 Å². The molecule has 0 N–H and O–H groups in total. The second-order valence-electron chi connectivity index (χ2n) is 7.17. The van der Waals surface area contributed by atoms with Gasteiger partial charge in [-0.1, -0.05) is 51.3 Å². The van der Waals surface area contributed by atoms with Crippen molar-refractivity contribution >= 4 is 68.1 Å². The van der Waals surface area contributed by atoms with Crippen molar-refractivity contribution in [3.8, 4) is 5.75 Å². The summed E-state index contributed by atoms with van der Waals surface area (Å²) in [6.45, 7) is -0.215. The first kappa shape index (κ1) is 24.7. The summed E-state index contributed by atoms with van der Waals surface area (Å²) in [5, 5.41) is -0.121. The maximum absolute atomic E-state index is 14.1. The molecule has 0 aliphatic carbocycles. The van der Waals surface area contributed by atoms with Gasteiger partial charge in [-0.15, -0.1) is 0 Å². The minimum absolute atomic E-state index is 0.0885. The summed E-state index contributed by atoms with van der Waals surface area (Å²) in [5.74, 6) is -1.15. The molecule has 34 heavy (non-hydrogen) atoms. The molecule has 1 saturated heterocycles. The minimum Gasteiger partial charge on any atom is -0.488 e. The van der Waals surface area contributed by atoms with Crippen molar-refractivity contribution in [3.63, 3.8) is 0 Å². The van der Waals surface area contributed by atoms with E-state index in [2.05, 4.69) is 15.9 Å². The number of thioether (sulfide) groups is 1. The average Bonchev–Trinajstić information content (AvgIpc) is 3.03. The van der Waals surface area contributed by atoms with Crippen molar-refractivity contribution in [2.24, 2.45) is 0 Å². The third kappa shape index (κ3) is 5.46. The molecule has 0 unspecified atom stereocenters. The zero-order valence-electron chi connectivity index (χ0n) is 17.2. The van der Waals surface area contributed by atoms with Gasteiger partial charge in [0.2, 0.25) is 0 Å². The summed E-state index contributed by atoms with van der Waals surface area (Å²) < 4.78 is 33.9. The highest BCUT2D eigenvalue weighted by atomic mass is 79.9. The zero-order valence-corrected chi connectivity index (χ0v) is 21.1. The van der Waals surface area contributed by atoms with Gasteiger partial charge in [0, 0.05) is 20.6 Å². The molecular formula is C24H14BrCl2F2NO3S. The minimum atomic E-state index is -0.515. The lowest BCUT2D eigenvalue weighted by atomic mass is 10.1. The molecule has 1 aliphatic heterocycles. The number of halogens is 5. The van der Waals surface area contributed by atoms with Crippen molar-refractivity contribution in [1.82, 2.24) is 4.90 Å². The van der Waals surface area contributed by atoms with Crippen molar-refractivity contribution in [2.45, 2.75) is 13.2 Å². The molecule has 0 atom stereocenters. The van der Waals surface area contributed by atoms with Gasteiger partial charge in [0.15, 0.2) is 0 Å². The number of hydrogen-bond donors (Lipinski definition) is 0. The number of benzene rings is 3. The van der Waals surface area contributed by atoms with Gasteiger partial charge < -0.3 is 4.74 Å². The second-order valence-corrected chi connectivity index (χ2v) is 9.90. The smallest absolute Gasteiger partial charge is 0.293 e. The van der Waals surface area contributed by atoms with E-state index in [1.807, 2.05) is 0 Å². The topological polar surface area (TPSA) is 46.6 Å². The lowest BCUT2D eigenvalue weighted by Gasteiger charge is -2.14. The van der Waals surface area contributed by atoms with Crippen molar-refractivity contribution in [3.05, 3.63) is 102 Å². The van der Waals surface area contributed by atoms with E-state index >= 15 is 0 Å². The van der Waals surface area contributed by atoms with Gasteiger partial charge in [0.1, 0.15) is 24.0 Å². The second kappa shape index (κ2) is 10.5. The molecule has 2 amide bonds. The number of carbonyl (C=O) groups excluding carboxylic acids is 2. The number of amides is 2. The van der Waals surface area contributed by atoms with Gasteiger partial charge in [0.05, 0.1) is 16.5 Å². The molecule has 3 aromatic carbocycles. The number of carbonyl (C=O) groups is 2. The number of imide groups is 1. The van der Waals surface area contributed by atoms with E-state index in [0.29, 0.717) is 21.3 Å². The fourth-order valence-corrected chi connectivity index (χ4v) is 4.83. The van der Waals surface area contributed by atoms with E-state index in [1.165, 1.54) is 30.3 Å². The Bertz CT molecular complexity index is 1320. The van der Waals surface area contributed by atoms with Gasteiger partial charge in [-0.25, -0.2) is 8.78 Å². The molecule has 10 heteroatoms. The lowest BCUT2D eigenvalue weighted by molar-refractivity contribution is -0.123. The van der Waals surface area contributed by atoms with Crippen LogP contribution in [0, 0.1) is 11.6 Å². The molecule has 1 heterocycles. The summed E-state index contributed by atoms with van der Waals surface area (Å²) >= 11 is 16.3. The Morgan fingerprint density at radius 3 is 2.56 bits per heavy atom. The third-order valence-electron chi connectivity index (χ3n) is 4.91. The molecule has 3 aromatic rings. The lowest BCUT2D eigenvalue weighted by Crippen LogP contribution is -2.27. The molecule has 0 bridgehead atoms. The highest BCUT2D eigenvalue weighted by Gasteiger charge is 2.35. The average molecular weight is 585 g/mol. The Hall–Kier alpha value is -2.39. The standard InChI is InChI=1S/C24H14BrCl2F2NO3S/c25-15-5-7-21(33-12-17-18(26)2-1-3-20(17)29)14(8-15)9-22-23(31)30(24(32)34-22)11-13-4-6-16(28)10-19(13)27/h1-10H,11-12H2/b22-9-. The van der Waals surface area contributed by atoms with Crippen LogP contribution in [-0.4, -0.2) is 16.0 Å². The third-order valence-corrected chi connectivity index (χ3v) is 7.02. The van der Waals surface area contributed by atoms with Gasteiger partial charge >= 0.3 is 0 Å². The molecule has 1 aliphatic rings. The summed E-state index contributed by atoms with van der Waals surface area (Å²) in [4.78, 5) is 26.7. The van der Waals surface area contributed by atoms with Crippen LogP contribution in [0.25, 0.3) is 6.08 Å². The Kier molecular flexibility index (Phi) is 7.62. The Morgan fingerprint density at radius 2 is 1.82 bits per heavy atom. The Balaban J connectivity index is 1.58. The van der Waals surface area contributed by atoms with E-state index < -0.39 is 22.8 Å². The van der Waals surface area contributed by atoms with Crippen LogP contribution in [0.15, 0.2) is 64.0 Å². The van der Waals surface area contributed by atoms with E-state index in [4.69, 9.17) is 27.9 Å². The molecule has 0 saturated carbocycles. The summed E-state index contributed by atoms with van der Waals surface area (Å²) in [6, 6.07) is 13.2. The molecule has 0 radical (unpaired) electrons.